The second kappa shape index (κ2) is 9.60. The third kappa shape index (κ3) is 5.34. The number of aromatic nitrogens is 3. The fourth-order valence-corrected chi connectivity index (χ4v) is 2.36. The maximum absolute atomic E-state index is 5.73. The highest BCUT2D eigenvalue weighted by atomic mass is 16.5. The lowest BCUT2D eigenvalue weighted by atomic mass is 10.1. The number of ether oxygens (including phenoxy) is 1. The summed E-state index contributed by atoms with van der Waals surface area (Å²) < 4.78 is 7.68. The van der Waals surface area contributed by atoms with Crippen molar-refractivity contribution in [2.45, 2.75) is 33.9 Å². The first-order valence-electron chi connectivity index (χ1n) is 8.75. The van der Waals surface area contributed by atoms with Gasteiger partial charge in [0.05, 0.1) is 19.7 Å². The Morgan fingerprint density at radius 1 is 1.31 bits per heavy atom. The van der Waals surface area contributed by atoms with Crippen molar-refractivity contribution in [3.05, 3.63) is 53.6 Å². The van der Waals surface area contributed by atoms with E-state index in [1.54, 1.807) is 6.08 Å². The van der Waals surface area contributed by atoms with Gasteiger partial charge in [-0.15, -0.1) is 16.8 Å². The summed E-state index contributed by atoms with van der Waals surface area (Å²) in [5.41, 5.74) is 2.22. The van der Waals surface area contributed by atoms with Gasteiger partial charge >= 0.3 is 0 Å². The molecule has 2 aromatic rings. The highest BCUT2D eigenvalue weighted by Gasteiger charge is 2.07. The van der Waals surface area contributed by atoms with Gasteiger partial charge in [0.15, 0.2) is 11.8 Å². The van der Waals surface area contributed by atoms with Crippen LogP contribution in [0.2, 0.25) is 0 Å². The molecule has 1 aromatic heterocycles. The third-order valence-corrected chi connectivity index (χ3v) is 3.94. The second-order valence-corrected chi connectivity index (χ2v) is 5.95. The summed E-state index contributed by atoms with van der Waals surface area (Å²) in [5, 5.41) is 14.7. The molecule has 140 valence electrons. The van der Waals surface area contributed by atoms with Crippen molar-refractivity contribution in [1.82, 2.24) is 25.4 Å². The molecule has 0 fully saturated rings. The summed E-state index contributed by atoms with van der Waals surface area (Å²) in [6, 6.07) is 6.17. The molecule has 0 amide bonds. The molecule has 0 spiro atoms. The number of nitrogens with zero attached hydrogens (tertiary/aromatic N) is 4. The zero-order valence-electron chi connectivity index (χ0n) is 16.0. The molecule has 0 aliphatic heterocycles. The van der Waals surface area contributed by atoms with Crippen molar-refractivity contribution in [2.75, 3.05) is 13.2 Å². The van der Waals surface area contributed by atoms with E-state index in [4.69, 9.17) is 4.74 Å². The summed E-state index contributed by atoms with van der Waals surface area (Å²) in [7, 11) is 1.95. The van der Waals surface area contributed by atoms with E-state index >= 15 is 0 Å². The minimum atomic E-state index is 0.514. The van der Waals surface area contributed by atoms with Crippen molar-refractivity contribution in [3.8, 4) is 5.75 Å². The largest absolute Gasteiger partial charge is 0.494 e. The molecular formula is C19H28N6O. The maximum Gasteiger partial charge on any atom is 0.192 e. The van der Waals surface area contributed by atoms with Gasteiger partial charge in [0.2, 0.25) is 0 Å². The zero-order chi connectivity index (χ0) is 18.9. The first kappa shape index (κ1) is 19.5. The Labute approximate surface area is 155 Å². The van der Waals surface area contributed by atoms with Gasteiger partial charge in [-0.05, 0) is 32.4 Å². The minimum Gasteiger partial charge on any atom is -0.494 e. The Morgan fingerprint density at radius 2 is 2.12 bits per heavy atom. The first-order chi connectivity index (χ1) is 12.5. The third-order valence-electron chi connectivity index (χ3n) is 3.94. The summed E-state index contributed by atoms with van der Waals surface area (Å²) in [5.74, 6) is 3.29. The highest BCUT2D eigenvalue weighted by Crippen LogP contribution is 2.21. The van der Waals surface area contributed by atoms with Gasteiger partial charge < -0.3 is 19.9 Å². The predicted octanol–water partition coefficient (Wildman–Crippen LogP) is 2.25. The van der Waals surface area contributed by atoms with Crippen LogP contribution in [0.1, 0.15) is 29.7 Å². The summed E-state index contributed by atoms with van der Waals surface area (Å²) >= 11 is 0. The summed E-state index contributed by atoms with van der Waals surface area (Å²) in [6.45, 7) is 12.0. The van der Waals surface area contributed by atoms with Crippen LogP contribution in [-0.2, 0) is 20.1 Å². The van der Waals surface area contributed by atoms with Crippen LogP contribution in [0, 0.1) is 13.8 Å². The van der Waals surface area contributed by atoms with E-state index in [0.717, 1.165) is 23.0 Å². The molecule has 0 saturated carbocycles. The normalized spacial score (nSPS) is 11.3. The van der Waals surface area contributed by atoms with Crippen molar-refractivity contribution >= 4 is 5.96 Å². The Kier molecular flexibility index (Phi) is 7.20. The molecule has 0 aliphatic carbocycles. The average Bonchev–Trinajstić information content (AvgIpc) is 2.94. The fraction of sp³-hybridized carbons (Fsp3) is 0.421. The summed E-state index contributed by atoms with van der Waals surface area (Å²) in [4.78, 5) is 4.66. The summed E-state index contributed by atoms with van der Waals surface area (Å²) in [6.07, 6.45) is 1.79. The van der Waals surface area contributed by atoms with Gasteiger partial charge in [-0.25, -0.2) is 4.99 Å². The van der Waals surface area contributed by atoms with E-state index in [9.17, 15) is 0 Å². The molecule has 0 atom stereocenters. The van der Waals surface area contributed by atoms with Gasteiger partial charge in [-0.2, -0.15) is 0 Å². The van der Waals surface area contributed by atoms with Crippen molar-refractivity contribution in [2.24, 2.45) is 12.0 Å². The van der Waals surface area contributed by atoms with Crippen LogP contribution in [0.3, 0.4) is 0 Å². The lowest BCUT2D eigenvalue weighted by Crippen LogP contribution is -2.37. The molecule has 26 heavy (non-hydrogen) atoms. The number of guanidine groups is 1. The van der Waals surface area contributed by atoms with Gasteiger partial charge in [-0.1, -0.05) is 18.2 Å². The molecule has 0 saturated heterocycles. The fourth-order valence-electron chi connectivity index (χ4n) is 2.36. The molecule has 7 nitrogen and oxygen atoms in total. The number of rotatable bonds is 8. The van der Waals surface area contributed by atoms with Gasteiger partial charge in [-0.3, -0.25) is 0 Å². The van der Waals surface area contributed by atoms with Gasteiger partial charge in [0, 0.05) is 19.2 Å². The number of nitrogens with one attached hydrogen (secondary N) is 2. The van der Waals surface area contributed by atoms with Crippen LogP contribution in [0.4, 0.5) is 0 Å². The predicted molar refractivity (Wildman–Crippen MR) is 104 cm³/mol. The highest BCUT2D eigenvalue weighted by molar-refractivity contribution is 5.79. The van der Waals surface area contributed by atoms with E-state index < -0.39 is 0 Å². The maximum atomic E-state index is 5.73. The molecule has 0 aliphatic rings. The molecule has 2 rings (SSSR count). The molecule has 0 unspecified atom stereocenters. The zero-order valence-corrected chi connectivity index (χ0v) is 16.0. The van der Waals surface area contributed by atoms with Crippen LogP contribution in [0.5, 0.6) is 5.75 Å². The quantitative estimate of drug-likeness (QED) is 0.431. The van der Waals surface area contributed by atoms with Crippen LogP contribution in [0.25, 0.3) is 0 Å². The van der Waals surface area contributed by atoms with Crippen molar-refractivity contribution < 1.29 is 4.74 Å². The van der Waals surface area contributed by atoms with Gasteiger partial charge in [0.1, 0.15) is 11.6 Å². The van der Waals surface area contributed by atoms with E-state index in [0.29, 0.717) is 32.2 Å². The average molecular weight is 356 g/mol. The van der Waals surface area contributed by atoms with E-state index in [-0.39, 0.29) is 0 Å². The minimum absolute atomic E-state index is 0.514. The Hall–Kier alpha value is -2.83. The van der Waals surface area contributed by atoms with Crippen LogP contribution < -0.4 is 15.4 Å². The van der Waals surface area contributed by atoms with Crippen molar-refractivity contribution in [1.29, 1.82) is 0 Å². The Morgan fingerprint density at radius 3 is 2.77 bits per heavy atom. The topological polar surface area (TPSA) is 76.4 Å². The number of hydrogen-bond donors (Lipinski definition) is 2. The van der Waals surface area contributed by atoms with Crippen LogP contribution in [-0.4, -0.2) is 33.9 Å². The molecule has 0 radical (unpaired) electrons. The number of aryl methyl sites for hydroxylation is 2. The molecule has 0 bridgehead atoms. The van der Waals surface area contributed by atoms with E-state index in [1.165, 1.54) is 5.56 Å². The Bertz CT molecular complexity index is 765. The smallest absolute Gasteiger partial charge is 0.192 e. The second-order valence-electron chi connectivity index (χ2n) is 5.95. The lowest BCUT2D eigenvalue weighted by Gasteiger charge is -2.13. The molecule has 1 heterocycles. The van der Waals surface area contributed by atoms with Crippen molar-refractivity contribution in [3.63, 3.8) is 0 Å². The SMILES string of the molecule is C=CCNC(=NCc1ccc(C)cc1OCC)NCc1nnc(C)n1C. The molecule has 1 aromatic carbocycles. The van der Waals surface area contributed by atoms with E-state index in [1.807, 2.05) is 31.5 Å². The van der Waals surface area contributed by atoms with E-state index in [2.05, 4.69) is 51.5 Å². The van der Waals surface area contributed by atoms with Gasteiger partial charge in [0.25, 0.3) is 0 Å². The number of benzene rings is 1. The Balaban J connectivity index is 2.10. The lowest BCUT2D eigenvalue weighted by molar-refractivity contribution is 0.336. The number of hydrogen-bond acceptors (Lipinski definition) is 4. The standard InChI is InChI=1S/C19H28N6O/c1-6-10-20-19(22-13-18-24-23-15(4)25(18)5)21-12-16-9-8-14(3)11-17(16)26-7-2/h6,8-9,11H,1,7,10,12-13H2,2-5H3,(H2,20,21,22). The van der Waals surface area contributed by atoms with Crippen LogP contribution >= 0.6 is 0 Å². The monoisotopic (exact) mass is 356 g/mol. The molecule has 7 heteroatoms. The first-order valence-corrected chi connectivity index (χ1v) is 8.75. The molecule has 2 N–H and O–H groups in total. The number of aliphatic imine (C=N–C) groups is 1. The van der Waals surface area contributed by atoms with Crippen LogP contribution in [0.15, 0.2) is 35.8 Å². The molecular weight excluding hydrogens is 328 g/mol.